The van der Waals surface area contributed by atoms with Crippen LogP contribution in [0.15, 0.2) is 24.3 Å². The fourth-order valence-electron chi connectivity index (χ4n) is 10.6. The van der Waals surface area contributed by atoms with Gasteiger partial charge in [0.1, 0.15) is 6.10 Å². The van der Waals surface area contributed by atoms with Crippen molar-refractivity contribution in [1.82, 2.24) is 10.2 Å². The number of hydrogen-bond acceptors (Lipinski definition) is 5. The molecule has 1 aromatic carbocycles. The Morgan fingerprint density at radius 3 is 2.68 bits per heavy atom. The normalized spacial score (nSPS) is 43.3. The van der Waals surface area contributed by atoms with Crippen molar-refractivity contribution in [3.63, 3.8) is 0 Å². The van der Waals surface area contributed by atoms with Crippen molar-refractivity contribution < 1.29 is 14.6 Å². The van der Waals surface area contributed by atoms with Gasteiger partial charge in [-0.1, -0.05) is 32.1 Å². The zero-order chi connectivity index (χ0) is 25.5. The zero-order valence-electron chi connectivity index (χ0n) is 23.2. The summed E-state index contributed by atoms with van der Waals surface area (Å²) in [4.78, 5) is 2.65. The average molecular weight is 507 g/mol. The number of nitrogens with one attached hydrogen (secondary N) is 1. The Morgan fingerprint density at radius 2 is 1.92 bits per heavy atom. The van der Waals surface area contributed by atoms with Gasteiger partial charge in [0.15, 0.2) is 11.5 Å². The number of ether oxygens (including phenoxy) is 2. The molecule has 4 saturated carbocycles. The number of methoxy groups -OCH3 is 1. The molecule has 2 aliphatic heterocycles. The highest BCUT2D eigenvalue weighted by Crippen LogP contribution is 2.66. The molecule has 4 bridgehead atoms. The van der Waals surface area contributed by atoms with E-state index >= 15 is 0 Å². The molecule has 7 aliphatic rings. The standard InChI is InChI=1S/C32H46N2O3/c1-29-15-22-16-30(2,19-29)21-31(17-22,20-29)33-11-4-5-12-34-13-10-32-9-8-24(35)14-26(32)37-28-25(36-3)7-6-23(18-34)27(28)32/h6-9,22,24,26,33,35H,4-5,10-21H2,1-3H3/t22?,24-,26-,29?,30?,31?,32-/m0/s1. The van der Waals surface area contributed by atoms with Crippen LogP contribution in [-0.2, 0) is 12.0 Å². The topological polar surface area (TPSA) is 54.0 Å². The fourth-order valence-corrected chi connectivity index (χ4v) is 10.6. The maximum atomic E-state index is 10.3. The molecule has 1 aromatic rings. The van der Waals surface area contributed by atoms with Crippen molar-refractivity contribution in [2.45, 2.75) is 108 Å². The van der Waals surface area contributed by atoms with Crippen LogP contribution in [0.2, 0.25) is 0 Å². The molecule has 2 heterocycles. The minimum Gasteiger partial charge on any atom is -0.493 e. The summed E-state index contributed by atoms with van der Waals surface area (Å²) in [7, 11) is 1.72. The molecule has 0 aromatic heterocycles. The Morgan fingerprint density at radius 1 is 1.11 bits per heavy atom. The molecule has 0 radical (unpaired) electrons. The lowest BCUT2D eigenvalue weighted by molar-refractivity contribution is -0.117. The van der Waals surface area contributed by atoms with Crippen molar-refractivity contribution in [1.29, 1.82) is 0 Å². The largest absolute Gasteiger partial charge is 0.493 e. The highest BCUT2D eigenvalue weighted by atomic mass is 16.5. The summed E-state index contributed by atoms with van der Waals surface area (Å²) in [6, 6.07) is 4.32. The van der Waals surface area contributed by atoms with Crippen molar-refractivity contribution in [2.24, 2.45) is 16.7 Å². The van der Waals surface area contributed by atoms with E-state index < -0.39 is 6.10 Å². The number of rotatable bonds is 7. The van der Waals surface area contributed by atoms with Crippen molar-refractivity contribution in [2.75, 3.05) is 26.7 Å². The first-order valence-corrected chi connectivity index (χ1v) is 14.9. The number of hydrogen-bond donors (Lipinski definition) is 2. The quantitative estimate of drug-likeness (QED) is 0.386. The molecule has 37 heavy (non-hydrogen) atoms. The molecule has 0 saturated heterocycles. The molecule has 5 atom stereocenters. The molecule has 5 heteroatoms. The maximum Gasteiger partial charge on any atom is 0.166 e. The van der Waals surface area contributed by atoms with Crippen LogP contribution in [0.25, 0.3) is 0 Å². The average Bonchev–Trinajstić information content (AvgIpc) is 3.05. The van der Waals surface area contributed by atoms with Crippen molar-refractivity contribution in [3.8, 4) is 11.5 Å². The second kappa shape index (κ2) is 8.47. The van der Waals surface area contributed by atoms with E-state index in [-0.39, 0.29) is 11.5 Å². The Bertz CT molecular complexity index is 1080. The third-order valence-corrected chi connectivity index (χ3v) is 11.1. The SMILES string of the molecule is COc1ccc2c3c1O[C@H]1C[C@@H](O)C=C[C@@]31CCN(CCCCNC13CC4CC(C)(CC(C)(C4)C1)C3)C2. The van der Waals surface area contributed by atoms with Crippen LogP contribution >= 0.6 is 0 Å². The van der Waals surface area contributed by atoms with Crippen LogP contribution < -0.4 is 14.8 Å². The summed E-state index contributed by atoms with van der Waals surface area (Å²) in [5.41, 5.74) is 4.11. The van der Waals surface area contributed by atoms with Crippen LogP contribution in [0.5, 0.6) is 11.5 Å². The van der Waals surface area contributed by atoms with Gasteiger partial charge in [-0.15, -0.1) is 0 Å². The lowest BCUT2D eigenvalue weighted by Crippen LogP contribution is -2.64. The molecule has 5 nitrogen and oxygen atoms in total. The molecule has 2 unspecified atom stereocenters. The number of aliphatic hydroxyl groups is 1. The first-order valence-electron chi connectivity index (χ1n) is 14.9. The third-order valence-electron chi connectivity index (χ3n) is 11.1. The van der Waals surface area contributed by atoms with E-state index in [0.717, 1.165) is 50.0 Å². The van der Waals surface area contributed by atoms with Gasteiger partial charge < -0.3 is 19.9 Å². The number of unbranched alkanes of at least 4 members (excludes halogenated alkanes) is 1. The Balaban J connectivity index is 0.999. The van der Waals surface area contributed by atoms with Crippen LogP contribution in [-0.4, -0.2) is 54.5 Å². The summed E-state index contributed by atoms with van der Waals surface area (Å²) in [6.45, 7) is 9.48. The van der Waals surface area contributed by atoms with E-state index in [1.807, 2.05) is 6.08 Å². The summed E-state index contributed by atoms with van der Waals surface area (Å²) in [5.74, 6) is 2.68. The molecular weight excluding hydrogens is 460 g/mol. The summed E-state index contributed by atoms with van der Waals surface area (Å²) in [5, 5.41) is 14.5. The minimum atomic E-state index is -0.426. The van der Waals surface area contributed by atoms with Crippen LogP contribution in [0.1, 0.15) is 89.2 Å². The molecular formula is C32H46N2O3. The van der Waals surface area contributed by atoms with E-state index in [1.54, 1.807) is 7.11 Å². The van der Waals surface area contributed by atoms with Gasteiger partial charge in [-0.3, -0.25) is 4.90 Å². The molecule has 0 amide bonds. The van der Waals surface area contributed by atoms with Gasteiger partial charge in [0.2, 0.25) is 0 Å². The molecule has 5 aliphatic carbocycles. The highest BCUT2D eigenvalue weighted by Gasteiger charge is 2.59. The highest BCUT2D eigenvalue weighted by molar-refractivity contribution is 5.61. The van der Waals surface area contributed by atoms with Crippen molar-refractivity contribution in [3.05, 3.63) is 35.4 Å². The smallest absolute Gasteiger partial charge is 0.166 e. The summed E-state index contributed by atoms with van der Waals surface area (Å²) < 4.78 is 12.2. The molecule has 2 N–H and O–H groups in total. The lowest BCUT2D eigenvalue weighted by Gasteiger charge is -2.65. The Hall–Kier alpha value is -1.56. The number of aliphatic hydroxyl groups excluding tert-OH is 1. The Labute approximate surface area is 223 Å². The maximum absolute atomic E-state index is 10.3. The lowest BCUT2D eigenvalue weighted by atomic mass is 9.43. The third kappa shape index (κ3) is 3.98. The second-order valence-electron chi connectivity index (χ2n) is 14.5. The van der Waals surface area contributed by atoms with Gasteiger partial charge in [0, 0.05) is 24.1 Å². The van der Waals surface area contributed by atoms with Crippen LogP contribution in [0, 0.1) is 16.7 Å². The Kier molecular flexibility index (Phi) is 5.60. The fraction of sp³-hybridized carbons (Fsp3) is 0.750. The van der Waals surface area contributed by atoms with E-state index in [0.29, 0.717) is 22.8 Å². The van der Waals surface area contributed by atoms with Crippen LogP contribution in [0.3, 0.4) is 0 Å². The number of benzene rings is 1. The van der Waals surface area contributed by atoms with Gasteiger partial charge in [0.25, 0.3) is 0 Å². The van der Waals surface area contributed by atoms with Gasteiger partial charge >= 0.3 is 0 Å². The van der Waals surface area contributed by atoms with Gasteiger partial charge in [-0.25, -0.2) is 0 Å². The zero-order valence-corrected chi connectivity index (χ0v) is 23.2. The predicted octanol–water partition coefficient (Wildman–Crippen LogP) is 5.34. The summed E-state index contributed by atoms with van der Waals surface area (Å²) >= 11 is 0. The second-order valence-corrected chi connectivity index (χ2v) is 14.5. The number of nitrogens with zero attached hydrogens (tertiary/aromatic N) is 1. The molecule has 4 fully saturated rings. The first-order chi connectivity index (χ1) is 17.7. The summed E-state index contributed by atoms with van der Waals surface area (Å²) in [6.07, 6.45) is 16.6. The van der Waals surface area contributed by atoms with Crippen molar-refractivity contribution >= 4 is 0 Å². The van der Waals surface area contributed by atoms with E-state index in [4.69, 9.17) is 9.47 Å². The minimum absolute atomic E-state index is 0.00861. The van der Waals surface area contributed by atoms with Crippen LogP contribution in [0.4, 0.5) is 0 Å². The van der Waals surface area contributed by atoms with Gasteiger partial charge in [-0.2, -0.15) is 0 Å². The van der Waals surface area contributed by atoms with E-state index in [2.05, 4.69) is 42.3 Å². The molecule has 1 spiro atoms. The van der Waals surface area contributed by atoms with E-state index in [9.17, 15) is 5.11 Å². The first kappa shape index (κ1) is 24.5. The monoisotopic (exact) mass is 506 g/mol. The predicted molar refractivity (Wildman–Crippen MR) is 146 cm³/mol. The van der Waals surface area contributed by atoms with Gasteiger partial charge in [-0.05, 0) is 106 Å². The molecule has 8 rings (SSSR count). The van der Waals surface area contributed by atoms with Gasteiger partial charge in [0.05, 0.1) is 18.6 Å². The molecule has 202 valence electrons. The van der Waals surface area contributed by atoms with E-state index in [1.165, 1.54) is 62.5 Å².